The molecule has 0 spiro atoms. The van der Waals surface area contributed by atoms with E-state index in [2.05, 4.69) is 16.0 Å². The van der Waals surface area contributed by atoms with Crippen LogP contribution >= 0.6 is 0 Å². The Kier molecular flexibility index (Phi) is 6.40. The summed E-state index contributed by atoms with van der Waals surface area (Å²) in [6.45, 7) is 10.5. The Morgan fingerprint density at radius 1 is 1.18 bits per heavy atom. The van der Waals surface area contributed by atoms with Crippen molar-refractivity contribution >= 4 is 21.7 Å². The highest BCUT2D eigenvalue weighted by molar-refractivity contribution is 8.04. The van der Waals surface area contributed by atoms with E-state index in [4.69, 9.17) is 4.74 Å². The van der Waals surface area contributed by atoms with Crippen molar-refractivity contribution in [3.05, 3.63) is 17.5 Å². The number of rotatable bonds is 4. The highest BCUT2D eigenvalue weighted by atomic mass is 32.2. The van der Waals surface area contributed by atoms with Crippen LogP contribution in [0.25, 0.3) is 0 Å². The molecule has 0 saturated carbocycles. The first-order valence-corrected chi connectivity index (χ1v) is 11.8. The molecule has 1 aliphatic heterocycles. The van der Waals surface area contributed by atoms with Crippen LogP contribution in [0.5, 0.6) is 0 Å². The summed E-state index contributed by atoms with van der Waals surface area (Å²) >= 11 is 0. The number of thiol groups is 1. The van der Waals surface area contributed by atoms with Gasteiger partial charge in [-0.25, -0.2) is 0 Å². The number of hydrazine groups is 1. The number of amides is 2. The Labute approximate surface area is 168 Å². The summed E-state index contributed by atoms with van der Waals surface area (Å²) in [7, 11) is -1.17. The van der Waals surface area contributed by atoms with Gasteiger partial charge in [0.05, 0.1) is 10.4 Å². The lowest BCUT2D eigenvalue weighted by Crippen LogP contribution is -2.59. The standard InChI is InChI=1S/C19H34N4O4S/c1-18(2,3)15-12-14(23(6)22-15)16(24)20-21-17(25)19(4,5)28(7,26)13-8-10-27-11-9-13/h12-13,28H,8-11H2,1-7H3,(H,20,24)(H,21,25). The molecule has 2 N–H and O–H groups in total. The topological polar surface area (TPSA) is 102 Å². The van der Waals surface area contributed by atoms with Crippen molar-refractivity contribution in [3.63, 3.8) is 0 Å². The van der Waals surface area contributed by atoms with E-state index in [1.54, 1.807) is 33.2 Å². The molecule has 2 amide bonds. The van der Waals surface area contributed by atoms with E-state index in [-0.39, 0.29) is 10.7 Å². The van der Waals surface area contributed by atoms with Crippen molar-refractivity contribution in [3.8, 4) is 0 Å². The molecule has 0 aromatic carbocycles. The Balaban J connectivity index is 2.07. The van der Waals surface area contributed by atoms with Crippen LogP contribution in [0.1, 0.15) is 63.6 Å². The van der Waals surface area contributed by atoms with E-state index in [0.29, 0.717) is 31.7 Å². The van der Waals surface area contributed by atoms with Gasteiger partial charge in [-0.05, 0) is 39.0 Å². The Hall–Kier alpha value is -1.74. The largest absolute Gasteiger partial charge is 0.381 e. The zero-order chi connectivity index (χ0) is 21.3. The molecular weight excluding hydrogens is 380 g/mol. The lowest BCUT2D eigenvalue weighted by Gasteiger charge is -2.42. The number of aromatic nitrogens is 2. The zero-order valence-corrected chi connectivity index (χ0v) is 18.9. The third kappa shape index (κ3) is 4.46. The number of ether oxygens (including phenoxy) is 1. The summed E-state index contributed by atoms with van der Waals surface area (Å²) in [4.78, 5) is 25.3. The number of hydrogen-bond donors (Lipinski definition) is 3. The number of nitrogens with one attached hydrogen (secondary N) is 2. The second-order valence-corrected chi connectivity index (χ2v) is 12.9. The molecule has 1 saturated heterocycles. The molecule has 0 bridgehead atoms. The minimum Gasteiger partial charge on any atom is -0.381 e. The molecule has 28 heavy (non-hydrogen) atoms. The van der Waals surface area contributed by atoms with Crippen molar-refractivity contribution in [1.29, 1.82) is 0 Å². The summed E-state index contributed by atoms with van der Waals surface area (Å²) in [6.07, 6.45) is 3.05. The van der Waals surface area contributed by atoms with Crippen molar-refractivity contribution in [2.45, 2.75) is 62.9 Å². The maximum absolute atomic E-state index is 13.5. The predicted molar refractivity (Wildman–Crippen MR) is 111 cm³/mol. The average Bonchev–Trinajstić information content (AvgIpc) is 3.02. The van der Waals surface area contributed by atoms with Crippen LogP contribution in [0.3, 0.4) is 0 Å². The Morgan fingerprint density at radius 2 is 1.75 bits per heavy atom. The average molecular weight is 415 g/mol. The quantitative estimate of drug-likeness (QED) is 0.505. The molecule has 160 valence electrons. The minimum atomic E-state index is -2.85. The first-order chi connectivity index (χ1) is 12.8. The third-order valence-corrected chi connectivity index (χ3v) is 10.1. The second-order valence-electron chi connectivity index (χ2n) is 9.09. The minimum absolute atomic E-state index is 0.0517. The molecule has 2 heterocycles. The van der Waals surface area contributed by atoms with Crippen LogP contribution in [-0.4, -0.2) is 55.3 Å². The molecule has 0 aliphatic carbocycles. The maximum atomic E-state index is 13.5. The molecule has 1 aromatic rings. The van der Waals surface area contributed by atoms with Gasteiger partial charge in [0.25, 0.3) is 11.8 Å². The monoisotopic (exact) mass is 414 g/mol. The van der Waals surface area contributed by atoms with E-state index >= 15 is 0 Å². The fourth-order valence-corrected chi connectivity index (χ4v) is 5.78. The van der Waals surface area contributed by atoms with Gasteiger partial charge in [-0.1, -0.05) is 30.7 Å². The SMILES string of the molecule is Cn1nc(C(C)(C)C)cc1C(=O)NNC(=O)C(C)(C)[SH](C)(=O)C1CCOCC1. The lowest BCUT2D eigenvalue weighted by molar-refractivity contribution is -0.123. The van der Waals surface area contributed by atoms with Gasteiger partial charge in [0.15, 0.2) is 0 Å². The maximum Gasteiger partial charge on any atom is 0.287 e. The summed E-state index contributed by atoms with van der Waals surface area (Å²) in [6, 6.07) is 1.71. The molecule has 1 aromatic heterocycles. The summed E-state index contributed by atoms with van der Waals surface area (Å²) < 4.78 is 19.2. The highest BCUT2D eigenvalue weighted by Gasteiger charge is 2.44. The second kappa shape index (κ2) is 7.94. The fraction of sp³-hybridized carbons (Fsp3) is 0.737. The number of carbonyl (C=O) groups excluding carboxylic acids is 2. The summed E-state index contributed by atoms with van der Waals surface area (Å²) in [5.74, 6) is -0.928. The molecule has 8 nitrogen and oxygen atoms in total. The number of hydrogen-bond acceptors (Lipinski definition) is 5. The van der Waals surface area contributed by atoms with Crippen LogP contribution in [-0.2, 0) is 31.9 Å². The molecule has 2 rings (SSSR count). The van der Waals surface area contributed by atoms with E-state index in [9.17, 15) is 13.8 Å². The van der Waals surface area contributed by atoms with Gasteiger partial charge in [-0.15, -0.1) is 0 Å². The molecule has 0 radical (unpaired) electrons. The summed E-state index contributed by atoms with van der Waals surface area (Å²) in [5.41, 5.74) is 5.83. The van der Waals surface area contributed by atoms with Crippen LogP contribution in [0, 0.1) is 0 Å². The fourth-order valence-electron chi connectivity index (χ4n) is 3.21. The molecule has 0 atom stereocenters. The van der Waals surface area contributed by atoms with E-state index in [0.717, 1.165) is 5.69 Å². The normalized spacial score (nSPS) is 17.2. The first kappa shape index (κ1) is 22.5. The van der Waals surface area contributed by atoms with Gasteiger partial charge >= 0.3 is 0 Å². The number of aryl methyl sites for hydroxylation is 1. The van der Waals surface area contributed by atoms with Crippen molar-refractivity contribution in [2.24, 2.45) is 7.05 Å². The van der Waals surface area contributed by atoms with Crippen molar-refractivity contribution < 1.29 is 18.5 Å². The van der Waals surface area contributed by atoms with Crippen molar-refractivity contribution in [1.82, 2.24) is 20.6 Å². The van der Waals surface area contributed by atoms with Gasteiger partial charge in [-0.2, -0.15) is 5.10 Å². The predicted octanol–water partition coefficient (Wildman–Crippen LogP) is 1.08. The van der Waals surface area contributed by atoms with Gasteiger partial charge in [0.1, 0.15) is 5.69 Å². The van der Waals surface area contributed by atoms with Gasteiger partial charge < -0.3 is 4.74 Å². The molecule has 1 fully saturated rings. The highest BCUT2D eigenvalue weighted by Crippen LogP contribution is 2.32. The van der Waals surface area contributed by atoms with Crippen LogP contribution in [0.15, 0.2) is 6.07 Å². The van der Waals surface area contributed by atoms with Crippen LogP contribution in [0.2, 0.25) is 0 Å². The first-order valence-electron chi connectivity index (χ1n) is 9.59. The summed E-state index contributed by atoms with van der Waals surface area (Å²) in [5, 5.41) is 4.31. The Bertz CT molecular complexity index is 788. The van der Waals surface area contributed by atoms with Gasteiger partial charge in [-0.3, -0.25) is 29.3 Å². The molecule has 0 unspecified atom stereocenters. The Morgan fingerprint density at radius 3 is 2.25 bits per heavy atom. The third-order valence-electron chi connectivity index (χ3n) is 5.72. The van der Waals surface area contributed by atoms with Crippen LogP contribution < -0.4 is 10.9 Å². The smallest absolute Gasteiger partial charge is 0.287 e. The number of carbonyl (C=O) groups is 2. The van der Waals surface area contributed by atoms with Gasteiger partial charge in [0, 0.05) is 30.9 Å². The van der Waals surface area contributed by atoms with Crippen molar-refractivity contribution in [2.75, 3.05) is 19.5 Å². The van der Waals surface area contributed by atoms with E-state index in [1.165, 1.54) is 4.68 Å². The van der Waals surface area contributed by atoms with Gasteiger partial charge in [0.2, 0.25) is 0 Å². The molecule has 1 aliphatic rings. The van der Waals surface area contributed by atoms with E-state index < -0.39 is 26.5 Å². The molecule has 9 heteroatoms. The van der Waals surface area contributed by atoms with Crippen LogP contribution in [0.4, 0.5) is 0 Å². The zero-order valence-electron chi connectivity index (χ0n) is 18.0. The lowest BCUT2D eigenvalue weighted by atomic mass is 9.92. The van der Waals surface area contributed by atoms with E-state index in [1.807, 2.05) is 20.8 Å². The number of nitrogens with zero attached hydrogens (tertiary/aromatic N) is 2. The molecular formula is C19H34N4O4S.